The predicted molar refractivity (Wildman–Crippen MR) is 108 cm³/mol. The lowest BCUT2D eigenvalue weighted by molar-refractivity contribution is -0.137. The second-order valence-corrected chi connectivity index (χ2v) is 9.48. The molecule has 1 N–H and O–H groups in total. The summed E-state index contributed by atoms with van der Waals surface area (Å²) in [6.45, 7) is 4.05. The number of nitrogens with one attached hydrogen (secondary N) is 1. The molecular formula is C23H31F2NO4. The fourth-order valence-corrected chi connectivity index (χ4v) is 6.44. The molecule has 2 aliphatic carbocycles. The highest BCUT2D eigenvalue weighted by atomic mass is 19.3. The number of ether oxygens (including phenoxy) is 3. The maximum Gasteiger partial charge on any atom is 0.387 e. The number of halogens is 2. The Morgan fingerprint density at radius 2 is 2.10 bits per heavy atom. The van der Waals surface area contributed by atoms with E-state index in [9.17, 15) is 13.6 Å². The van der Waals surface area contributed by atoms with Crippen molar-refractivity contribution in [3.8, 4) is 11.5 Å². The fourth-order valence-electron chi connectivity index (χ4n) is 6.44. The quantitative estimate of drug-likeness (QED) is 0.720. The van der Waals surface area contributed by atoms with Gasteiger partial charge in [0.2, 0.25) is 5.91 Å². The van der Waals surface area contributed by atoms with Gasteiger partial charge >= 0.3 is 6.61 Å². The Morgan fingerprint density at radius 3 is 2.77 bits per heavy atom. The average molecular weight is 424 g/mol. The smallest absolute Gasteiger partial charge is 0.387 e. The van der Waals surface area contributed by atoms with E-state index in [0.29, 0.717) is 18.9 Å². The summed E-state index contributed by atoms with van der Waals surface area (Å²) in [5.41, 5.74) is 0.806. The van der Waals surface area contributed by atoms with E-state index in [-0.39, 0.29) is 46.3 Å². The van der Waals surface area contributed by atoms with Crippen molar-refractivity contribution in [1.82, 2.24) is 5.32 Å². The molecule has 4 rings (SSSR count). The van der Waals surface area contributed by atoms with E-state index in [1.165, 1.54) is 7.11 Å². The molecule has 7 heteroatoms. The summed E-state index contributed by atoms with van der Waals surface area (Å²) in [5.74, 6) is 1.08. The molecule has 1 aromatic rings. The third-order valence-corrected chi connectivity index (χ3v) is 7.86. The van der Waals surface area contributed by atoms with Crippen LogP contribution in [-0.4, -0.2) is 32.3 Å². The number of methoxy groups -OCH3 is 1. The molecule has 30 heavy (non-hydrogen) atoms. The van der Waals surface area contributed by atoms with Crippen LogP contribution in [0.1, 0.15) is 58.1 Å². The Kier molecular flexibility index (Phi) is 5.45. The van der Waals surface area contributed by atoms with Gasteiger partial charge in [-0.2, -0.15) is 8.78 Å². The van der Waals surface area contributed by atoms with E-state index >= 15 is 0 Å². The van der Waals surface area contributed by atoms with E-state index in [1.807, 2.05) is 13.0 Å². The highest BCUT2D eigenvalue weighted by molar-refractivity contribution is 5.76. The van der Waals surface area contributed by atoms with E-state index in [4.69, 9.17) is 9.47 Å². The molecule has 1 unspecified atom stereocenters. The first-order valence-electron chi connectivity index (χ1n) is 10.8. The van der Waals surface area contributed by atoms with Gasteiger partial charge < -0.3 is 19.5 Å². The molecule has 3 fully saturated rings. The Bertz CT molecular complexity index is 814. The van der Waals surface area contributed by atoms with Crippen LogP contribution in [0, 0.1) is 22.7 Å². The minimum absolute atomic E-state index is 0.0209. The van der Waals surface area contributed by atoms with Crippen LogP contribution in [0.3, 0.4) is 0 Å². The summed E-state index contributed by atoms with van der Waals surface area (Å²) in [6, 6.07) is 5.23. The van der Waals surface area contributed by atoms with E-state index in [2.05, 4.69) is 23.9 Å². The monoisotopic (exact) mass is 423 g/mol. The van der Waals surface area contributed by atoms with Gasteiger partial charge in [0, 0.05) is 19.1 Å². The van der Waals surface area contributed by atoms with Crippen LogP contribution in [0.5, 0.6) is 11.5 Å². The summed E-state index contributed by atoms with van der Waals surface area (Å²) in [7, 11) is 1.43. The molecule has 166 valence electrons. The molecule has 0 aromatic heterocycles. The molecule has 1 aliphatic heterocycles. The Balaban J connectivity index is 1.68. The molecular weight excluding hydrogens is 392 g/mol. The van der Waals surface area contributed by atoms with Crippen LogP contribution in [-0.2, 0) is 9.53 Å². The first-order chi connectivity index (χ1) is 14.2. The summed E-state index contributed by atoms with van der Waals surface area (Å²) < 4.78 is 41.9. The van der Waals surface area contributed by atoms with Crippen molar-refractivity contribution in [2.75, 3.05) is 13.7 Å². The third-order valence-electron chi connectivity index (χ3n) is 7.86. The summed E-state index contributed by atoms with van der Waals surface area (Å²) in [4.78, 5) is 12.3. The molecule has 2 bridgehead atoms. The molecule has 5 atom stereocenters. The van der Waals surface area contributed by atoms with Crippen LogP contribution in [0.15, 0.2) is 18.2 Å². The number of rotatable bonds is 6. The number of amides is 1. The largest absolute Gasteiger partial charge is 0.493 e. The minimum atomic E-state index is -2.93. The number of carbonyl (C=O) groups is 1. The molecule has 1 heterocycles. The molecule has 3 aliphatic rings. The summed E-state index contributed by atoms with van der Waals surface area (Å²) in [5, 5.41) is 3.33. The first-order valence-corrected chi connectivity index (χ1v) is 10.8. The van der Waals surface area contributed by atoms with Crippen LogP contribution in [0.2, 0.25) is 0 Å². The van der Waals surface area contributed by atoms with Crippen molar-refractivity contribution >= 4 is 5.91 Å². The Hall–Kier alpha value is -1.89. The number of hydrogen-bond acceptors (Lipinski definition) is 4. The molecule has 1 amide bonds. The number of hydrogen-bond donors (Lipinski definition) is 1. The molecule has 0 radical (unpaired) electrons. The number of carbonyl (C=O) groups excluding carboxylic acids is 1. The normalized spacial score (nSPS) is 34.0. The Labute approximate surface area is 176 Å². The lowest BCUT2D eigenvalue weighted by Crippen LogP contribution is -2.58. The van der Waals surface area contributed by atoms with Gasteiger partial charge in [-0.1, -0.05) is 26.8 Å². The summed E-state index contributed by atoms with van der Waals surface area (Å²) >= 11 is 0. The molecule has 5 nitrogen and oxygen atoms in total. The zero-order valence-electron chi connectivity index (χ0n) is 18.0. The van der Waals surface area contributed by atoms with Gasteiger partial charge in [0.05, 0.1) is 13.2 Å². The SMILES string of the molecule is CCC(=O)N[C@H]1C(C)(C)[C@@H]2C[C@@H]3[C@@H](c4ccc(OC)c(OC(F)F)c4)OCCC31C2. The lowest BCUT2D eigenvalue weighted by atomic mass is 9.59. The maximum atomic E-state index is 12.9. The molecule has 1 spiro atoms. The van der Waals surface area contributed by atoms with E-state index < -0.39 is 6.61 Å². The van der Waals surface area contributed by atoms with Crippen LogP contribution < -0.4 is 14.8 Å². The van der Waals surface area contributed by atoms with E-state index in [0.717, 1.165) is 24.8 Å². The standard InChI is InChI=1S/C23H31F2NO4/c1-5-18(27)26-20-22(2,3)14-11-15-19(29-9-8-23(15,20)12-14)13-6-7-16(28-4)17(10-13)30-21(24)25/h6-7,10,14-15,19-21H,5,8-9,11-12H2,1-4H3,(H,26,27)/t14-,15-,19-,20+,23?/m1/s1. The maximum absolute atomic E-state index is 12.9. The second-order valence-electron chi connectivity index (χ2n) is 9.48. The van der Waals surface area contributed by atoms with Gasteiger partial charge in [0.25, 0.3) is 0 Å². The average Bonchev–Trinajstić information content (AvgIpc) is 3.19. The van der Waals surface area contributed by atoms with Crippen molar-refractivity contribution < 1.29 is 27.8 Å². The van der Waals surface area contributed by atoms with Gasteiger partial charge in [-0.05, 0) is 59.6 Å². The Morgan fingerprint density at radius 1 is 1.33 bits per heavy atom. The van der Waals surface area contributed by atoms with Crippen LogP contribution in [0.4, 0.5) is 8.78 Å². The molecule has 2 saturated carbocycles. The zero-order valence-corrected chi connectivity index (χ0v) is 18.0. The lowest BCUT2D eigenvalue weighted by Gasteiger charge is -2.53. The van der Waals surface area contributed by atoms with Gasteiger partial charge in [-0.25, -0.2) is 0 Å². The van der Waals surface area contributed by atoms with Crippen molar-refractivity contribution in [3.05, 3.63) is 23.8 Å². The van der Waals surface area contributed by atoms with Crippen molar-refractivity contribution in [3.63, 3.8) is 0 Å². The zero-order chi connectivity index (χ0) is 21.7. The third kappa shape index (κ3) is 3.26. The summed E-state index contributed by atoms with van der Waals surface area (Å²) in [6.07, 6.45) is 3.22. The number of alkyl halides is 2. The highest BCUT2D eigenvalue weighted by Gasteiger charge is 2.68. The highest BCUT2D eigenvalue weighted by Crippen LogP contribution is 2.70. The van der Waals surface area contributed by atoms with Gasteiger partial charge in [-0.3, -0.25) is 4.79 Å². The number of benzene rings is 1. The van der Waals surface area contributed by atoms with Crippen LogP contribution in [0.25, 0.3) is 0 Å². The van der Waals surface area contributed by atoms with E-state index in [1.54, 1.807) is 12.1 Å². The molecule has 1 saturated heterocycles. The van der Waals surface area contributed by atoms with Gasteiger partial charge in [0.15, 0.2) is 11.5 Å². The van der Waals surface area contributed by atoms with Crippen molar-refractivity contribution in [2.45, 2.75) is 65.2 Å². The number of fused-ring (bicyclic) bond motifs is 1. The first kappa shape index (κ1) is 21.3. The van der Waals surface area contributed by atoms with Crippen LogP contribution >= 0.6 is 0 Å². The second kappa shape index (κ2) is 7.66. The predicted octanol–water partition coefficient (Wildman–Crippen LogP) is 4.71. The van der Waals surface area contributed by atoms with Gasteiger partial charge in [-0.15, -0.1) is 0 Å². The van der Waals surface area contributed by atoms with Crippen molar-refractivity contribution in [1.29, 1.82) is 0 Å². The topological polar surface area (TPSA) is 56.8 Å². The molecule has 1 aromatic carbocycles. The fraction of sp³-hybridized carbons (Fsp3) is 0.696. The van der Waals surface area contributed by atoms with Crippen molar-refractivity contribution in [2.24, 2.45) is 22.7 Å². The van der Waals surface area contributed by atoms with Gasteiger partial charge in [0.1, 0.15) is 0 Å². The minimum Gasteiger partial charge on any atom is -0.493 e.